The third-order valence-corrected chi connectivity index (χ3v) is 3.46. The zero-order valence-corrected chi connectivity index (χ0v) is 12.8. The monoisotopic (exact) mass is 299 g/mol. The van der Waals surface area contributed by atoms with Crippen molar-refractivity contribution in [2.75, 3.05) is 6.61 Å². The molecule has 1 N–H and O–H groups in total. The number of hydrogen-bond acceptors (Lipinski definition) is 2. The smallest absolute Gasteiger partial charge is 0.142 e. The minimum atomic E-state index is 0.528. The molecule has 1 aromatic rings. The Morgan fingerprint density at radius 1 is 1.37 bits per heavy atom. The average Bonchev–Trinajstić information content (AvgIpc) is 3.12. The van der Waals surface area contributed by atoms with Crippen LogP contribution < -0.4 is 10.1 Å². The predicted molar refractivity (Wildman–Crippen MR) is 81.2 cm³/mol. The van der Waals surface area contributed by atoms with Gasteiger partial charge in [0.15, 0.2) is 0 Å². The van der Waals surface area contributed by atoms with Crippen LogP contribution in [0.2, 0.25) is 10.0 Å². The molecule has 0 radical (unpaired) electrons. The summed E-state index contributed by atoms with van der Waals surface area (Å²) in [5.74, 6) is 0.733. The fourth-order valence-corrected chi connectivity index (χ4v) is 2.33. The summed E-state index contributed by atoms with van der Waals surface area (Å²) in [6, 6.07) is 4.28. The highest BCUT2D eigenvalue weighted by Gasteiger charge is 2.21. The lowest BCUT2D eigenvalue weighted by atomic mass is 10.2. The minimum absolute atomic E-state index is 0.528. The lowest BCUT2D eigenvalue weighted by Gasteiger charge is -2.13. The summed E-state index contributed by atoms with van der Waals surface area (Å²) in [6.45, 7) is 5.36. The lowest BCUT2D eigenvalue weighted by molar-refractivity contribution is 0.357. The molecule has 1 saturated carbocycles. The first-order chi connectivity index (χ1) is 9.06. The topological polar surface area (TPSA) is 21.3 Å². The Hall–Kier alpha value is -0.700. The van der Waals surface area contributed by atoms with Crippen molar-refractivity contribution in [1.82, 2.24) is 5.32 Å². The molecule has 0 amide bonds. The highest BCUT2D eigenvalue weighted by Crippen LogP contribution is 2.33. The van der Waals surface area contributed by atoms with E-state index in [1.165, 1.54) is 18.4 Å². The number of ether oxygens (including phenoxy) is 1. The highest BCUT2D eigenvalue weighted by molar-refractivity contribution is 6.35. The van der Waals surface area contributed by atoms with Crippen LogP contribution in [0.4, 0.5) is 0 Å². The summed E-state index contributed by atoms with van der Waals surface area (Å²) in [4.78, 5) is 0. The maximum absolute atomic E-state index is 6.22. The third kappa shape index (κ3) is 4.72. The van der Waals surface area contributed by atoms with Crippen molar-refractivity contribution in [3.63, 3.8) is 0 Å². The summed E-state index contributed by atoms with van der Waals surface area (Å²) in [7, 11) is 0. The third-order valence-electron chi connectivity index (χ3n) is 2.96. The second-order valence-electron chi connectivity index (χ2n) is 5.12. The number of allylic oxidation sites excluding steroid dienone is 1. The minimum Gasteiger partial charge on any atom is -0.488 e. The van der Waals surface area contributed by atoms with E-state index in [-0.39, 0.29) is 0 Å². The lowest BCUT2D eigenvalue weighted by Crippen LogP contribution is -2.16. The molecule has 1 fully saturated rings. The van der Waals surface area contributed by atoms with E-state index in [1.807, 2.05) is 26.0 Å². The molecule has 19 heavy (non-hydrogen) atoms. The quantitative estimate of drug-likeness (QED) is 0.776. The van der Waals surface area contributed by atoms with E-state index in [1.54, 1.807) is 6.07 Å². The van der Waals surface area contributed by atoms with Gasteiger partial charge in [0.1, 0.15) is 12.4 Å². The van der Waals surface area contributed by atoms with Gasteiger partial charge in [0.2, 0.25) is 0 Å². The second kappa shape index (κ2) is 6.65. The van der Waals surface area contributed by atoms with E-state index in [0.29, 0.717) is 22.7 Å². The fourth-order valence-electron chi connectivity index (χ4n) is 1.74. The van der Waals surface area contributed by atoms with Gasteiger partial charge in [-0.25, -0.2) is 0 Å². The van der Waals surface area contributed by atoms with Crippen LogP contribution in [-0.4, -0.2) is 12.6 Å². The van der Waals surface area contributed by atoms with Crippen LogP contribution >= 0.6 is 23.2 Å². The molecular weight excluding hydrogens is 281 g/mol. The van der Waals surface area contributed by atoms with Gasteiger partial charge in [-0.05, 0) is 44.9 Å². The molecule has 1 aliphatic rings. The Labute approximate surface area is 124 Å². The maximum atomic E-state index is 6.22. The van der Waals surface area contributed by atoms with E-state index < -0.39 is 0 Å². The van der Waals surface area contributed by atoms with Gasteiger partial charge in [-0.1, -0.05) is 28.8 Å². The van der Waals surface area contributed by atoms with Gasteiger partial charge >= 0.3 is 0 Å². The van der Waals surface area contributed by atoms with Gasteiger partial charge < -0.3 is 10.1 Å². The van der Waals surface area contributed by atoms with Crippen LogP contribution in [0.1, 0.15) is 32.3 Å². The first-order valence-corrected chi connectivity index (χ1v) is 7.29. The Morgan fingerprint density at radius 2 is 2.11 bits per heavy atom. The molecule has 0 heterocycles. The molecule has 0 aliphatic heterocycles. The van der Waals surface area contributed by atoms with E-state index in [4.69, 9.17) is 27.9 Å². The molecule has 0 atom stereocenters. The van der Waals surface area contributed by atoms with Crippen molar-refractivity contribution in [3.8, 4) is 5.75 Å². The van der Waals surface area contributed by atoms with Crippen molar-refractivity contribution < 1.29 is 4.74 Å². The molecule has 2 nitrogen and oxygen atoms in total. The number of rotatable bonds is 6. The average molecular weight is 300 g/mol. The number of halogens is 2. The van der Waals surface area contributed by atoms with E-state index in [9.17, 15) is 0 Å². The number of nitrogens with one attached hydrogen (secondary N) is 1. The van der Waals surface area contributed by atoms with Gasteiger partial charge in [-0.3, -0.25) is 0 Å². The molecule has 1 aromatic carbocycles. The van der Waals surface area contributed by atoms with Crippen molar-refractivity contribution in [3.05, 3.63) is 39.4 Å². The standard InChI is InChI=1S/C15H19Cl2NO/c1-10(2)5-6-19-15-11(9-18-13-3-4-13)7-12(16)8-14(15)17/h5,7-8,13,18H,3-4,6,9H2,1-2H3. The van der Waals surface area contributed by atoms with Gasteiger partial charge in [0.25, 0.3) is 0 Å². The zero-order chi connectivity index (χ0) is 13.8. The van der Waals surface area contributed by atoms with E-state index >= 15 is 0 Å². The van der Waals surface area contributed by atoms with E-state index in [2.05, 4.69) is 5.32 Å². The highest BCUT2D eigenvalue weighted by atomic mass is 35.5. The molecule has 0 unspecified atom stereocenters. The van der Waals surface area contributed by atoms with Crippen LogP contribution in [0, 0.1) is 0 Å². The Morgan fingerprint density at radius 3 is 2.74 bits per heavy atom. The summed E-state index contributed by atoms with van der Waals surface area (Å²) in [5.41, 5.74) is 2.24. The number of hydrogen-bond donors (Lipinski definition) is 1. The van der Waals surface area contributed by atoms with Gasteiger partial charge in [0, 0.05) is 23.2 Å². The summed E-state index contributed by atoms with van der Waals surface area (Å²) in [5, 5.41) is 4.67. The van der Waals surface area contributed by atoms with Gasteiger partial charge in [-0.15, -0.1) is 0 Å². The Kier molecular flexibility index (Phi) is 5.14. The van der Waals surface area contributed by atoms with Crippen molar-refractivity contribution in [1.29, 1.82) is 0 Å². The SMILES string of the molecule is CC(C)=CCOc1c(Cl)cc(Cl)cc1CNC1CC1. The second-order valence-corrected chi connectivity index (χ2v) is 5.97. The fraction of sp³-hybridized carbons (Fsp3) is 0.467. The van der Waals surface area contributed by atoms with Gasteiger partial charge in [-0.2, -0.15) is 0 Å². The predicted octanol–water partition coefficient (Wildman–Crippen LogP) is 4.59. The van der Waals surface area contributed by atoms with Crippen LogP contribution in [-0.2, 0) is 6.54 Å². The Bertz CT molecular complexity index is 477. The molecule has 0 bridgehead atoms. The molecule has 2 rings (SSSR count). The zero-order valence-electron chi connectivity index (χ0n) is 11.3. The molecule has 0 saturated heterocycles. The molecule has 1 aliphatic carbocycles. The molecule has 4 heteroatoms. The van der Waals surface area contributed by atoms with Crippen LogP contribution in [0.5, 0.6) is 5.75 Å². The maximum Gasteiger partial charge on any atom is 0.142 e. The van der Waals surface area contributed by atoms with Crippen LogP contribution in [0.25, 0.3) is 0 Å². The van der Waals surface area contributed by atoms with E-state index in [0.717, 1.165) is 17.9 Å². The molecule has 104 valence electrons. The van der Waals surface area contributed by atoms with Gasteiger partial charge in [0.05, 0.1) is 5.02 Å². The first-order valence-electron chi connectivity index (χ1n) is 6.53. The van der Waals surface area contributed by atoms with Crippen LogP contribution in [0.15, 0.2) is 23.8 Å². The molecular formula is C15H19Cl2NO. The molecule has 0 spiro atoms. The largest absolute Gasteiger partial charge is 0.488 e. The van der Waals surface area contributed by atoms with Crippen molar-refractivity contribution in [2.24, 2.45) is 0 Å². The normalized spacial score (nSPS) is 14.3. The van der Waals surface area contributed by atoms with Crippen molar-refractivity contribution >= 4 is 23.2 Å². The molecule has 0 aromatic heterocycles. The summed E-state index contributed by atoms with van der Waals surface area (Å²) < 4.78 is 5.78. The summed E-state index contributed by atoms with van der Waals surface area (Å²) in [6.07, 6.45) is 4.54. The number of benzene rings is 1. The van der Waals surface area contributed by atoms with Crippen molar-refractivity contribution in [2.45, 2.75) is 39.3 Å². The Balaban J connectivity index is 2.10. The summed E-state index contributed by atoms with van der Waals surface area (Å²) >= 11 is 12.3. The first kappa shape index (κ1) is 14.7. The van der Waals surface area contributed by atoms with Crippen LogP contribution in [0.3, 0.4) is 0 Å².